The Morgan fingerprint density at radius 3 is 2.80 bits per heavy atom. The molecule has 0 aromatic carbocycles. The molecule has 0 spiro atoms. The number of carbonyl (C=O) groups excluding carboxylic acids is 1. The van der Waals surface area contributed by atoms with Gasteiger partial charge in [0, 0.05) is 5.38 Å². The molecule has 1 aromatic rings. The highest BCUT2D eigenvalue weighted by Crippen LogP contribution is 2.34. The van der Waals surface area contributed by atoms with Gasteiger partial charge in [0.05, 0.1) is 11.8 Å². The normalized spacial score (nSPS) is 31.5. The predicted molar refractivity (Wildman–Crippen MR) is 59.0 cm³/mol. The average molecular weight is 225 g/mol. The van der Waals surface area contributed by atoms with Crippen molar-refractivity contribution in [2.45, 2.75) is 38.2 Å². The fourth-order valence-corrected chi connectivity index (χ4v) is 2.57. The smallest absolute Gasteiger partial charge is 0.196 e. The summed E-state index contributed by atoms with van der Waals surface area (Å²) in [6, 6.07) is 0. The number of carbonyl (C=O) groups is 1. The lowest BCUT2D eigenvalue weighted by molar-refractivity contribution is 0.00429. The number of nitrogens with zero attached hydrogens (tertiary/aromatic N) is 1. The van der Waals surface area contributed by atoms with Crippen molar-refractivity contribution in [1.82, 2.24) is 4.37 Å². The number of aliphatic hydroxyl groups is 1. The van der Waals surface area contributed by atoms with Crippen LogP contribution in [0.2, 0.25) is 0 Å². The van der Waals surface area contributed by atoms with Crippen LogP contribution in [0.15, 0.2) is 11.6 Å². The summed E-state index contributed by atoms with van der Waals surface area (Å²) >= 11 is 1.25. The van der Waals surface area contributed by atoms with Crippen LogP contribution in [-0.2, 0) is 0 Å². The van der Waals surface area contributed by atoms with Gasteiger partial charge in [0.2, 0.25) is 0 Å². The van der Waals surface area contributed by atoms with Crippen LogP contribution in [0.3, 0.4) is 0 Å². The molecule has 0 unspecified atom stereocenters. The number of aromatic nitrogens is 1. The molecule has 0 atom stereocenters. The Morgan fingerprint density at radius 1 is 1.60 bits per heavy atom. The standard InChI is InChI=1S/C11H15NO2S/c1-8-2-4-11(14,5-3-8)10(13)9-6-12-15-7-9/h6-8,14H,2-5H2,1H3. The molecule has 0 saturated heterocycles. The number of hydrogen-bond acceptors (Lipinski definition) is 4. The molecule has 4 heteroatoms. The summed E-state index contributed by atoms with van der Waals surface area (Å²) in [5, 5.41) is 12.0. The van der Waals surface area contributed by atoms with Gasteiger partial charge in [-0.1, -0.05) is 6.92 Å². The third-order valence-electron chi connectivity index (χ3n) is 3.22. The fourth-order valence-electron chi connectivity index (χ4n) is 2.05. The minimum absolute atomic E-state index is 0.150. The summed E-state index contributed by atoms with van der Waals surface area (Å²) in [6.45, 7) is 2.16. The molecule has 3 nitrogen and oxygen atoms in total. The van der Waals surface area contributed by atoms with Crippen LogP contribution in [0.4, 0.5) is 0 Å². The summed E-state index contributed by atoms with van der Waals surface area (Å²) in [6.07, 6.45) is 4.58. The molecule has 1 aliphatic carbocycles. The van der Waals surface area contributed by atoms with Crippen LogP contribution in [0.1, 0.15) is 43.0 Å². The Hall–Kier alpha value is -0.740. The SMILES string of the molecule is CC1CCC(O)(C(=O)c2cnsc2)CC1. The van der Waals surface area contributed by atoms with E-state index in [1.807, 2.05) is 0 Å². The first-order valence-electron chi connectivity index (χ1n) is 5.28. The van der Waals surface area contributed by atoms with E-state index in [4.69, 9.17) is 0 Å². The van der Waals surface area contributed by atoms with E-state index in [1.54, 1.807) is 11.6 Å². The van der Waals surface area contributed by atoms with Gasteiger partial charge in [-0.3, -0.25) is 4.79 Å². The van der Waals surface area contributed by atoms with Crippen molar-refractivity contribution in [2.24, 2.45) is 5.92 Å². The Balaban J connectivity index is 2.13. The van der Waals surface area contributed by atoms with Crippen LogP contribution in [0.25, 0.3) is 0 Å². The van der Waals surface area contributed by atoms with Crippen molar-refractivity contribution in [2.75, 3.05) is 0 Å². The first kappa shape index (κ1) is 10.8. The Kier molecular flexibility index (Phi) is 2.89. The third-order valence-corrected chi connectivity index (χ3v) is 3.81. The van der Waals surface area contributed by atoms with E-state index in [-0.39, 0.29) is 5.78 Å². The van der Waals surface area contributed by atoms with Crippen molar-refractivity contribution in [3.05, 3.63) is 17.1 Å². The second kappa shape index (κ2) is 4.02. The summed E-state index contributed by atoms with van der Waals surface area (Å²) in [5.74, 6) is 0.474. The quantitative estimate of drug-likeness (QED) is 0.785. The predicted octanol–water partition coefficient (Wildman–Crippen LogP) is 2.27. The van der Waals surface area contributed by atoms with Crippen molar-refractivity contribution in [1.29, 1.82) is 0 Å². The number of hydrogen-bond donors (Lipinski definition) is 1. The monoisotopic (exact) mass is 225 g/mol. The number of ketones is 1. The lowest BCUT2D eigenvalue weighted by Crippen LogP contribution is -2.41. The Morgan fingerprint density at radius 2 is 2.27 bits per heavy atom. The molecule has 1 N–H and O–H groups in total. The van der Waals surface area contributed by atoms with Crippen LogP contribution in [0.5, 0.6) is 0 Å². The maximum atomic E-state index is 12.0. The van der Waals surface area contributed by atoms with Gasteiger partial charge in [-0.2, -0.15) is 0 Å². The van der Waals surface area contributed by atoms with Crippen molar-refractivity contribution >= 4 is 17.3 Å². The summed E-state index contributed by atoms with van der Waals surface area (Å²) in [4.78, 5) is 12.0. The van der Waals surface area contributed by atoms with Gasteiger partial charge in [-0.15, -0.1) is 0 Å². The summed E-state index contributed by atoms with van der Waals surface area (Å²) in [5.41, 5.74) is -0.577. The number of rotatable bonds is 2. The molecule has 0 bridgehead atoms. The molecule has 0 aliphatic heterocycles. The molecule has 1 saturated carbocycles. The summed E-state index contributed by atoms with van der Waals surface area (Å²) < 4.78 is 3.89. The van der Waals surface area contributed by atoms with E-state index in [9.17, 15) is 9.90 Å². The van der Waals surface area contributed by atoms with Crippen molar-refractivity contribution in [3.63, 3.8) is 0 Å². The molecule has 1 aliphatic rings. The third kappa shape index (κ3) is 2.11. The highest BCUT2D eigenvalue weighted by atomic mass is 32.1. The van der Waals surface area contributed by atoms with Crippen LogP contribution in [-0.4, -0.2) is 20.9 Å². The lowest BCUT2D eigenvalue weighted by Gasteiger charge is -2.33. The number of Topliss-reactive ketones (excluding diaryl/α,β-unsaturated/α-hetero) is 1. The van der Waals surface area contributed by atoms with E-state index in [1.165, 1.54) is 11.5 Å². The van der Waals surface area contributed by atoms with Crippen LogP contribution >= 0.6 is 11.5 Å². The highest BCUT2D eigenvalue weighted by Gasteiger charge is 2.39. The molecule has 15 heavy (non-hydrogen) atoms. The van der Waals surface area contributed by atoms with Gasteiger partial charge in [-0.25, -0.2) is 4.37 Å². The van der Waals surface area contributed by atoms with Gasteiger partial charge in [-0.05, 0) is 43.1 Å². The molecular formula is C11H15NO2S. The molecule has 1 aromatic heterocycles. The fraction of sp³-hybridized carbons (Fsp3) is 0.636. The first-order valence-corrected chi connectivity index (χ1v) is 6.12. The zero-order valence-corrected chi connectivity index (χ0v) is 9.59. The average Bonchev–Trinajstić information content (AvgIpc) is 2.75. The zero-order valence-electron chi connectivity index (χ0n) is 8.77. The second-order valence-corrected chi connectivity index (χ2v) is 5.11. The van der Waals surface area contributed by atoms with Gasteiger partial charge in [0.15, 0.2) is 5.78 Å². The molecule has 1 fully saturated rings. The molecule has 2 rings (SSSR count). The van der Waals surface area contributed by atoms with Crippen molar-refractivity contribution < 1.29 is 9.90 Å². The van der Waals surface area contributed by atoms with Crippen molar-refractivity contribution in [3.8, 4) is 0 Å². The maximum Gasteiger partial charge on any atom is 0.196 e. The van der Waals surface area contributed by atoms with E-state index < -0.39 is 5.60 Å². The molecular weight excluding hydrogens is 210 g/mol. The van der Waals surface area contributed by atoms with Gasteiger partial charge >= 0.3 is 0 Å². The highest BCUT2D eigenvalue weighted by molar-refractivity contribution is 7.03. The van der Waals surface area contributed by atoms with E-state index in [0.717, 1.165) is 12.8 Å². The van der Waals surface area contributed by atoms with E-state index in [2.05, 4.69) is 11.3 Å². The zero-order chi connectivity index (χ0) is 10.9. The Bertz CT molecular complexity index is 339. The molecule has 82 valence electrons. The lowest BCUT2D eigenvalue weighted by atomic mass is 9.76. The first-order chi connectivity index (χ1) is 7.12. The van der Waals surface area contributed by atoms with Gasteiger partial charge in [0.1, 0.15) is 5.60 Å². The minimum atomic E-state index is -1.13. The Labute approximate surface area is 93.3 Å². The van der Waals surface area contributed by atoms with E-state index in [0.29, 0.717) is 24.3 Å². The minimum Gasteiger partial charge on any atom is -0.382 e. The molecule has 0 amide bonds. The molecule has 1 heterocycles. The largest absolute Gasteiger partial charge is 0.382 e. The van der Waals surface area contributed by atoms with Gasteiger partial charge < -0.3 is 5.11 Å². The topological polar surface area (TPSA) is 50.2 Å². The van der Waals surface area contributed by atoms with Crippen LogP contribution < -0.4 is 0 Å². The van der Waals surface area contributed by atoms with Gasteiger partial charge in [0.25, 0.3) is 0 Å². The summed E-state index contributed by atoms with van der Waals surface area (Å²) in [7, 11) is 0. The maximum absolute atomic E-state index is 12.0. The van der Waals surface area contributed by atoms with Crippen LogP contribution in [0, 0.1) is 5.92 Å². The molecule has 0 radical (unpaired) electrons. The van der Waals surface area contributed by atoms with E-state index >= 15 is 0 Å². The second-order valence-electron chi connectivity index (χ2n) is 4.46.